The highest BCUT2D eigenvalue weighted by Crippen LogP contribution is 2.32. The van der Waals surface area contributed by atoms with E-state index >= 15 is 0 Å². The summed E-state index contributed by atoms with van der Waals surface area (Å²) < 4.78 is 35.9. The van der Waals surface area contributed by atoms with E-state index in [0.717, 1.165) is 23.4 Å². The minimum absolute atomic E-state index is 0.307. The number of anilines is 1. The van der Waals surface area contributed by atoms with Crippen molar-refractivity contribution in [3.05, 3.63) is 53.6 Å². The second-order valence-electron chi connectivity index (χ2n) is 6.75. The van der Waals surface area contributed by atoms with Gasteiger partial charge in [-0.25, -0.2) is 8.42 Å². The first kappa shape index (κ1) is 22.5. The van der Waals surface area contributed by atoms with Gasteiger partial charge in [0.1, 0.15) is 6.54 Å². The van der Waals surface area contributed by atoms with Crippen molar-refractivity contribution in [3.8, 4) is 11.5 Å². The summed E-state index contributed by atoms with van der Waals surface area (Å²) in [7, 11) is -0.698. The number of hydrogen-bond acceptors (Lipinski definition) is 5. The number of hydrogen-bond donors (Lipinski definition) is 1. The summed E-state index contributed by atoms with van der Waals surface area (Å²) >= 11 is 0. The second kappa shape index (κ2) is 10.2. The first-order valence-corrected chi connectivity index (χ1v) is 11.1. The van der Waals surface area contributed by atoms with E-state index in [0.29, 0.717) is 23.7 Å². The van der Waals surface area contributed by atoms with Crippen molar-refractivity contribution < 1.29 is 22.7 Å². The molecule has 0 aliphatic rings. The third-order valence-electron chi connectivity index (χ3n) is 4.43. The van der Waals surface area contributed by atoms with Crippen LogP contribution in [0.25, 0.3) is 0 Å². The molecule has 0 aliphatic heterocycles. The van der Waals surface area contributed by atoms with Gasteiger partial charge in [-0.15, -0.1) is 0 Å². The predicted octanol–water partition coefficient (Wildman–Crippen LogP) is 2.53. The van der Waals surface area contributed by atoms with Crippen molar-refractivity contribution in [1.29, 1.82) is 0 Å². The lowest BCUT2D eigenvalue weighted by Crippen LogP contribution is -2.40. The second-order valence-corrected chi connectivity index (χ2v) is 8.65. The monoisotopic (exact) mass is 420 g/mol. The van der Waals surface area contributed by atoms with Gasteiger partial charge >= 0.3 is 0 Å². The number of carbonyl (C=O) groups excluding carboxylic acids is 1. The molecule has 0 aromatic heterocycles. The van der Waals surface area contributed by atoms with Crippen LogP contribution in [-0.4, -0.2) is 47.9 Å². The van der Waals surface area contributed by atoms with Gasteiger partial charge in [0.25, 0.3) is 0 Å². The van der Waals surface area contributed by atoms with Gasteiger partial charge in [0, 0.05) is 12.6 Å². The maximum absolute atomic E-state index is 12.3. The summed E-state index contributed by atoms with van der Waals surface area (Å²) in [5, 5.41) is 2.79. The van der Waals surface area contributed by atoms with Crippen molar-refractivity contribution in [3.63, 3.8) is 0 Å². The third kappa shape index (κ3) is 6.67. The third-order valence-corrected chi connectivity index (χ3v) is 5.57. The Morgan fingerprint density at radius 1 is 1.03 bits per heavy atom. The Hall–Kier alpha value is -2.74. The number of nitrogens with one attached hydrogen (secondary N) is 1. The molecule has 0 heterocycles. The molecule has 1 N–H and O–H groups in total. The van der Waals surface area contributed by atoms with Crippen LogP contribution in [0.15, 0.2) is 42.5 Å². The normalized spacial score (nSPS) is 11.0. The van der Waals surface area contributed by atoms with Crippen LogP contribution in [0.4, 0.5) is 5.69 Å². The van der Waals surface area contributed by atoms with Crippen LogP contribution < -0.4 is 19.1 Å². The minimum Gasteiger partial charge on any atom is -0.493 e. The lowest BCUT2D eigenvalue weighted by molar-refractivity contribution is -0.119. The number of carbonyl (C=O) groups is 1. The largest absolute Gasteiger partial charge is 0.493 e. The zero-order valence-electron chi connectivity index (χ0n) is 17.3. The molecule has 0 fully saturated rings. The van der Waals surface area contributed by atoms with Crippen LogP contribution in [0.5, 0.6) is 11.5 Å². The van der Waals surface area contributed by atoms with Crippen molar-refractivity contribution in [2.45, 2.75) is 19.8 Å². The molecule has 0 bridgehead atoms. The van der Waals surface area contributed by atoms with Gasteiger partial charge in [0.05, 0.1) is 26.2 Å². The number of nitrogens with zero attached hydrogens (tertiary/aromatic N) is 1. The predicted molar refractivity (Wildman–Crippen MR) is 114 cm³/mol. The molecule has 0 radical (unpaired) electrons. The van der Waals surface area contributed by atoms with Crippen molar-refractivity contribution in [1.82, 2.24) is 5.32 Å². The zero-order chi connectivity index (χ0) is 21.4. The van der Waals surface area contributed by atoms with Gasteiger partial charge in [-0.3, -0.25) is 9.10 Å². The van der Waals surface area contributed by atoms with Crippen LogP contribution in [0.3, 0.4) is 0 Å². The van der Waals surface area contributed by atoms with E-state index in [4.69, 9.17) is 9.47 Å². The fraction of sp³-hybridized carbons (Fsp3) is 0.381. The highest BCUT2D eigenvalue weighted by molar-refractivity contribution is 7.92. The molecule has 158 valence electrons. The molecular formula is C21H28N2O5S. The van der Waals surface area contributed by atoms with Crippen LogP contribution >= 0.6 is 0 Å². The Morgan fingerprint density at radius 2 is 1.69 bits per heavy atom. The van der Waals surface area contributed by atoms with Crippen molar-refractivity contribution in [2.75, 3.05) is 37.9 Å². The number of aryl methyl sites for hydroxylation is 2. The van der Waals surface area contributed by atoms with E-state index in [2.05, 4.69) is 29.6 Å². The van der Waals surface area contributed by atoms with Crippen LogP contribution in [-0.2, 0) is 21.2 Å². The average Bonchev–Trinajstić information content (AvgIpc) is 2.69. The number of ether oxygens (including phenoxy) is 2. The Kier molecular flexibility index (Phi) is 7.90. The van der Waals surface area contributed by atoms with E-state index in [1.165, 1.54) is 31.4 Å². The van der Waals surface area contributed by atoms with Gasteiger partial charge < -0.3 is 14.8 Å². The molecule has 29 heavy (non-hydrogen) atoms. The van der Waals surface area contributed by atoms with Gasteiger partial charge in [-0.1, -0.05) is 29.8 Å². The Morgan fingerprint density at radius 3 is 2.28 bits per heavy atom. The van der Waals surface area contributed by atoms with Gasteiger partial charge in [0.15, 0.2) is 11.5 Å². The molecule has 0 atom stereocenters. The summed E-state index contributed by atoms with van der Waals surface area (Å²) in [6, 6.07) is 13.0. The molecular weight excluding hydrogens is 392 g/mol. The molecule has 7 nitrogen and oxygen atoms in total. The van der Waals surface area contributed by atoms with Crippen LogP contribution in [0.2, 0.25) is 0 Å². The Bertz CT molecular complexity index is 927. The van der Waals surface area contributed by atoms with Crippen LogP contribution in [0, 0.1) is 6.92 Å². The Labute approximate surface area is 172 Å². The fourth-order valence-electron chi connectivity index (χ4n) is 2.84. The number of amides is 1. The van der Waals surface area contributed by atoms with E-state index in [1.807, 2.05) is 6.92 Å². The number of sulfonamides is 1. The maximum atomic E-state index is 12.3. The van der Waals surface area contributed by atoms with Gasteiger partial charge in [-0.05, 0) is 37.5 Å². The first-order valence-electron chi connectivity index (χ1n) is 9.26. The molecule has 0 aliphatic carbocycles. The SMILES string of the molecule is COc1ccc(N(CC(=O)NCCCc2ccc(C)cc2)S(C)(=O)=O)cc1OC. The molecule has 8 heteroatoms. The highest BCUT2D eigenvalue weighted by atomic mass is 32.2. The van der Waals surface area contributed by atoms with Crippen molar-refractivity contribution >= 4 is 21.6 Å². The molecule has 2 aromatic rings. The highest BCUT2D eigenvalue weighted by Gasteiger charge is 2.22. The lowest BCUT2D eigenvalue weighted by atomic mass is 10.1. The van der Waals surface area contributed by atoms with Crippen molar-refractivity contribution in [2.24, 2.45) is 0 Å². The van der Waals surface area contributed by atoms with E-state index in [1.54, 1.807) is 12.1 Å². The number of rotatable bonds is 10. The van der Waals surface area contributed by atoms with E-state index in [-0.39, 0.29) is 12.5 Å². The Balaban J connectivity index is 1.97. The topological polar surface area (TPSA) is 84.9 Å². The number of benzene rings is 2. The lowest BCUT2D eigenvalue weighted by Gasteiger charge is -2.23. The minimum atomic E-state index is -3.66. The summed E-state index contributed by atoms with van der Waals surface area (Å²) in [5.41, 5.74) is 2.74. The maximum Gasteiger partial charge on any atom is 0.240 e. The van der Waals surface area contributed by atoms with E-state index in [9.17, 15) is 13.2 Å². The molecule has 0 saturated heterocycles. The molecule has 0 unspecified atom stereocenters. The summed E-state index contributed by atoms with van der Waals surface area (Å²) in [4.78, 5) is 12.3. The van der Waals surface area contributed by atoms with Crippen LogP contribution in [0.1, 0.15) is 17.5 Å². The molecule has 2 rings (SSSR count). The fourth-order valence-corrected chi connectivity index (χ4v) is 3.69. The van der Waals surface area contributed by atoms with Gasteiger partial charge in [-0.2, -0.15) is 0 Å². The first-order chi connectivity index (χ1) is 13.7. The molecule has 0 saturated carbocycles. The molecule has 1 amide bonds. The molecule has 0 spiro atoms. The summed E-state index contributed by atoms with van der Waals surface area (Å²) in [5.74, 6) is 0.497. The van der Waals surface area contributed by atoms with Gasteiger partial charge in [0.2, 0.25) is 15.9 Å². The summed E-state index contributed by atoms with van der Waals surface area (Å²) in [6.45, 7) is 2.20. The standard InChI is InChI=1S/C21H28N2O5S/c1-16-7-9-17(10-8-16)6-5-13-22-21(24)15-23(29(4,25)26)18-11-12-19(27-2)20(14-18)28-3/h7-12,14H,5-6,13,15H2,1-4H3,(H,22,24). The molecule has 2 aromatic carbocycles. The smallest absolute Gasteiger partial charge is 0.240 e. The zero-order valence-corrected chi connectivity index (χ0v) is 18.1. The van der Waals surface area contributed by atoms with E-state index < -0.39 is 10.0 Å². The average molecular weight is 421 g/mol. The number of methoxy groups -OCH3 is 2. The summed E-state index contributed by atoms with van der Waals surface area (Å²) in [6.07, 6.45) is 2.67. The quantitative estimate of drug-likeness (QED) is 0.597.